The second kappa shape index (κ2) is 9.03. The Kier molecular flexibility index (Phi) is 6.01. The third-order valence-electron chi connectivity index (χ3n) is 4.85. The third-order valence-corrected chi connectivity index (χ3v) is 4.85. The minimum absolute atomic E-state index is 0. The summed E-state index contributed by atoms with van der Waals surface area (Å²) in [5, 5.41) is 10.6. The van der Waals surface area contributed by atoms with Crippen LogP contribution in [0.4, 0.5) is 0 Å². The standard InChI is InChI=1S/C25H18N4O.Zn/c30-22-15-5-4-12-19(22)25-28-23(20-13-6-8-16-26-20)24(21-14-7-9-17-27-21)29(25)18-10-2-1-3-11-18;/h1-17,30H;. The second-order valence-electron chi connectivity index (χ2n) is 6.75. The Balaban J connectivity index is 0.00000231. The van der Waals surface area contributed by atoms with E-state index in [1.807, 2.05) is 83.4 Å². The summed E-state index contributed by atoms with van der Waals surface area (Å²) in [5.74, 6) is 0.792. The van der Waals surface area contributed by atoms with Gasteiger partial charge in [-0.2, -0.15) is 0 Å². The fourth-order valence-electron chi connectivity index (χ4n) is 3.51. The first-order valence-electron chi connectivity index (χ1n) is 9.62. The molecule has 6 heteroatoms. The molecule has 146 valence electrons. The number of benzene rings is 2. The fourth-order valence-corrected chi connectivity index (χ4v) is 3.51. The molecule has 0 fully saturated rings. The number of imidazole rings is 1. The molecule has 0 aliphatic rings. The van der Waals surface area contributed by atoms with Crippen LogP contribution in [0.5, 0.6) is 5.75 Å². The summed E-state index contributed by atoms with van der Waals surface area (Å²) in [5.41, 5.74) is 4.60. The number of hydrogen-bond donors (Lipinski definition) is 1. The molecule has 0 spiro atoms. The molecule has 5 nitrogen and oxygen atoms in total. The Labute approximate surface area is 192 Å². The Morgan fingerprint density at radius 3 is 1.90 bits per heavy atom. The molecule has 0 aliphatic carbocycles. The molecule has 0 amide bonds. The van der Waals surface area contributed by atoms with Gasteiger partial charge in [0.15, 0.2) is 0 Å². The molecular formula is C25H18N4OZn. The number of phenols is 1. The van der Waals surface area contributed by atoms with Crippen molar-refractivity contribution in [3.05, 3.63) is 103 Å². The smallest absolute Gasteiger partial charge is 0.149 e. The minimum Gasteiger partial charge on any atom is -0.507 e. The van der Waals surface area contributed by atoms with E-state index in [0.29, 0.717) is 17.1 Å². The zero-order valence-electron chi connectivity index (χ0n) is 16.8. The van der Waals surface area contributed by atoms with E-state index in [1.54, 1.807) is 24.5 Å². The Hall–Kier alpha value is -3.63. The molecule has 0 radical (unpaired) electrons. The van der Waals surface area contributed by atoms with Crippen LogP contribution in [0.25, 0.3) is 39.9 Å². The van der Waals surface area contributed by atoms with E-state index in [4.69, 9.17) is 4.98 Å². The van der Waals surface area contributed by atoms with Gasteiger partial charge in [0.25, 0.3) is 0 Å². The molecule has 0 saturated heterocycles. The van der Waals surface area contributed by atoms with Crippen molar-refractivity contribution in [2.24, 2.45) is 0 Å². The van der Waals surface area contributed by atoms with Gasteiger partial charge in [0, 0.05) is 37.6 Å². The quantitative estimate of drug-likeness (QED) is 0.370. The van der Waals surface area contributed by atoms with E-state index in [0.717, 1.165) is 22.8 Å². The largest absolute Gasteiger partial charge is 0.507 e. The van der Waals surface area contributed by atoms with Crippen molar-refractivity contribution in [1.29, 1.82) is 0 Å². The van der Waals surface area contributed by atoms with Crippen LogP contribution in [0.3, 0.4) is 0 Å². The monoisotopic (exact) mass is 454 g/mol. The van der Waals surface area contributed by atoms with Gasteiger partial charge in [-0.25, -0.2) is 4.98 Å². The van der Waals surface area contributed by atoms with Crippen molar-refractivity contribution in [2.45, 2.75) is 0 Å². The van der Waals surface area contributed by atoms with Gasteiger partial charge in [0.2, 0.25) is 0 Å². The normalized spacial score (nSPS) is 10.5. The van der Waals surface area contributed by atoms with E-state index in [2.05, 4.69) is 9.97 Å². The molecule has 3 heterocycles. The summed E-state index contributed by atoms with van der Waals surface area (Å²) < 4.78 is 2.03. The Bertz CT molecular complexity index is 1290. The summed E-state index contributed by atoms with van der Waals surface area (Å²) in [6.45, 7) is 0. The summed E-state index contributed by atoms with van der Waals surface area (Å²) in [6, 6.07) is 28.7. The van der Waals surface area contributed by atoms with Crippen LogP contribution in [0.2, 0.25) is 0 Å². The van der Waals surface area contributed by atoms with Gasteiger partial charge in [0.05, 0.1) is 17.0 Å². The van der Waals surface area contributed by atoms with Crippen molar-refractivity contribution >= 4 is 0 Å². The van der Waals surface area contributed by atoms with Gasteiger partial charge in [-0.05, 0) is 48.5 Å². The number of para-hydroxylation sites is 2. The third kappa shape index (κ3) is 3.90. The number of hydrogen-bond acceptors (Lipinski definition) is 4. The van der Waals surface area contributed by atoms with Gasteiger partial charge in [-0.15, -0.1) is 0 Å². The molecule has 0 bridgehead atoms. The number of nitrogens with zero attached hydrogens (tertiary/aromatic N) is 4. The van der Waals surface area contributed by atoms with Crippen LogP contribution in [-0.4, -0.2) is 24.6 Å². The minimum atomic E-state index is 0. The molecule has 1 N–H and O–H groups in total. The number of aromatic nitrogens is 4. The molecule has 0 saturated carbocycles. The molecule has 31 heavy (non-hydrogen) atoms. The average Bonchev–Trinajstić information content (AvgIpc) is 3.21. The van der Waals surface area contributed by atoms with Crippen molar-refractivity contribution in [3.8, 4) is 45.6 Å². The average molecular weight is 456 g/mol. The van der Waals surface area contributed by atoms with Crippen LogP contribution in [0.1, 0.15) is 0 Å². The SMILES string of the molecule is Oc1ccccc1-c1nc(-c2ccccn2)c(-c2ccccn2)n1-c1ccccc1.[Zn]. The van der Waals surface area contributed by atoms with Gasteiger partial charge in [-0.3, -0.25) is 14.5 Å². The van der Waals surface area contributed by atoms with Crippen LogP contribution in [0, 0.1) is 0 Å². The zero-order valence-corrected chi connectivity index (χ0v) is 19.7. The van der Waals surface area contributed by atoms with Crippen molar-refractivity contribution < 1.29 is 24.6 Å². The molecule has 5 rings (SSSR count). The van der Waals surface area contributed by atoms with E-state index in [-0.39, 0.29) is 25.2 Å². The predicted molar refractivity (Wildman–Crippen MR) is 117 cm³/mol. The van der Waals surface area contributed by atoms with Gasteiger partial charge >= 0.3 is 0 Å². The summed E-state index contributed by atoms with van der Waals surface area (Å²) in [6.07, 6.45) is 3.51. The first-order chi connectivity index (χ1) is 14.8. The van der Waals surface area contributed by atoms with Crippen LogP contribution < -0.4 is 0 Å². The van der Waals surface area contributed by atoms with Crippen molar-refractivity contribution in [3.63, 3.8) is 0 Å². The maximum atomic E-state index is 10.6. The predicted octanol–water partition coefficient (Wildman–Crippen LogP) is 5.37. The number of rotatable bonds is 4. The van der Waals surface area contributed by atoms with Crippen LogP contribution in [0.15, 0.2) is 103 Å². The van der Waals surface area contributed by atoms with Crippen LogP contribution >= 0.6 is 0 Å². The van der Waals surface area contributed by atoms with E-state index < -0.39 is 0 Å². The number of pyridine rings is 2. The molecule has 5 aromatic rings. The Morgan fingerprint density at radius 2 is 1.26 bits per heavy atom. The molecule has 2 aromatic carbocycles. The fraction of sp³-hybridized carbons (Fsp3) is 0. The molecule has 0 atom stereocenters. The topological polar surface area (TPSA) is 63.8 Å². The maximum absolute atomic E-state index is 10.6. The van der Waals surface area contributed by atoms with Gasteiger partial charge < -0.3 is 5.11 Å². The summed E-state index contributed by atoms with van der Waals surface area (Å²) >= 11 is 0. The number of aromatic hydroxyl groups is 1. The molecular weight excluding hydrogens is 438 g/mol. The molecule has 0 aliphatic heterocycles. The van der Waals surface area contributed by atoms with Crippen molar-refractivity contribution in [2.75, 3.05) is 0 Å². The molecule has 0 unspecified atom stereocenters. The van der Waals surface area contributed by atoms with Gasteiger partial charge in [-0.1, -0.05) is 42.5 Å². The summed E-state index contributed by atoms with van der Waals surface area (Å²) in [7, 11) is 0. The summed E-state index contributed by atoms with van der Waals surface area (Å²) in [4.78, 5) is 14.1. The number of phenolic OH excluding ortho intramolecular Hbond substituents is 1. The molecule has 3 aromatic heterocycles. The van der Waals surface area contributed by atoms with Crippen LogP contribution in [-0.2, 0) is 19.5 Å². The Morgan fingerprint density at radius 1 is 0.645 bits per heavy atom. The second-order valence-corrected chi connectivity index (χ2v) is 6.75. The maximum Gasteiger partial charge on any atom is 0.149 e. The van der Waals surface area contributed by atoms with Crippen molar-refractivity contribution in [1.82, 2.24) is 19.5 Å². The van der Waals surface area contributed by atoms with Gasteiger partial charge in [0.1, 0.15) is 23.0 Å². The van der Waals surface area contributed by atoms with E-state index in [1.165, 1.54) is 0 Å². The van der Waals surface area contributed by atoms with E-state index >= 15 is 0 Å². The van der Waals surface area contributed by atoms with E-state index in [9.17, 15) is 5.11 Å². The first kappa shape index (κ1) is 20.6. The first-order valence-corrected chi connectivity index (χ1v) is 9.62. The zero-order chi connectivity index (χ0) is 20.3.